The molecule has 1 fully saturated rings. The molecule has 1 saturated heterocycles. The van der Waals surface area contributed by atoms with Gasteiger partial charge in [0.05, 0.1) is 24.0 Å². The van der Waals surface area contributed by atoms with E-state index in [4.69, 9.17) is 32.7 Å². The first-order chi connectivity index (χ1) is 5.62. The Bertz CT molecular complexity index is 136. The number of alkyl halides is 2. The fourth-order valence-corrected chi connectivity index (χ4v) is 2.02. The number of halogens is 2. The molecule has 0 amide bonds. The molecule has 2 nitrogen and oxygen atoms in total. The molecular formula is C8H14Cl2O2. The van der Waals surface area contributed by atoms with Crippen LogP contribution in [0.3, 0.4) is 0 Å². The first-order valence-electron chi connectivity index (χ1n) is 4.09. The Labute approximate surface area is 83.1 Å². The molecule has 2 unspecified atom stereocenters. The normalized spacial score (nSPS) is 35.0. The van der Waals surface area contributed by atoms with Gasteiger partial charge in [-0.3, -0.25) is 0 Å². The van der Waals surface area contributed by atoms with Crippen molar-refractivity contribution < 1.29 is 9.47 Å². The third-order valence-electron chi connectivity index (χ3n) is 1.90. The first-order valence-corrected chi connectivity index (χ1v) is 5.16. The van der Waals surface area contributed by atoms with E-state index in [1.54, 1.807) is 0 Å². The number of hydrogen-bond acceptors (Lipinski definition) is 2. The topological polar surface area (TPSA) is 18.5 Å². The van der Waals surface area contributed by atoms with Crippen molar-refractivity contribution in [2.75, 3.05) is 11.8 Å². The van der Waals surface area contributed by atoms with E-state index in [9.17, 15) is 0 Å². The van der Waals surface area contributed by atoms with Crippen molar-refractivity contribution in [1.82, 2.24) is 0 Å². The predicted octanol–water partition coefficient (Wildman–Crippen LogP) is 2.37. The summed E-state index contributed by atoms with van der Waals surface area (Å²) in [5.41, 5.74) is 0. The molecule has 2 atom stereocenters. The quantitative estimate of drug-likeness (QED) is 0.655. The summed E-state index contributed by atoms with van der Waals surface area (Å²) in [5.74, 6) is -0.198. The van der Waals surface area contributed by atoms with Gasteiger partial charge in [-0.2, -0.15) is 0 Å². The van der Waals surface area contributed by atoms with Gasteiger partial charge in [0.15, 0.2) is 5.79 Å². The highest BCUT2D eigenvalue weighted by Gasteiger charge is 2.38. The van der Waals surface area contributed by atoms with Crippen LogP contribution in [-0.2, 0) is 9.47 Å². The van der Waals surface area contributed by atoms with Gasteiger partial charge < -0.3 is 9.47 Å². The smallest absolute Gasteiger partial charge is 0.196 e. The number of hydrogen-bond donors (Lipinski definition) is 0. The van der Waals surface area contributed by atoms with Gasteiger partial charge in [0.2, 0.25) is 0 Å². The SMILES string of the molecule is CC1CC(C)OC(CCl)(CCl)O1. The van der Waals surface area contributed by atoms with Gasteiger partial charge in [-0.25, -0.2) is 0 Å². The Balaban J connectivity index is 2.62. The maximum Gasteiger partial charge on any atom is 0.196 e. The van der Waals surface area contributed by atoms with Crippen LogP contribution in [0.1, 0.15) is 20.3 Å². The molecule has 72 valence electrons. The third kappa shape index (κ3) is 2.25. The van der Waals surface area contributed by atoms with Crippen molar-refractivity contribution >= 4 is 23.2 Å². The van der Waals surface area contributed by atoms with Crippen LogP contribution < -0.4 is 0 Å². The molecule has 0 aromatic carbocycles. The maximum atomic E-state index is 5.73. The van der Waals surface area contributed by atoms with Crippen molar-refractivity contribution in [2.24, 2.45) is 0 Å². The van der Waals surface area contributed by atoms with Crippen LogP contribution >= 0.6 is 23.2 Å². The Kier molecular flexibility index (Phi) is 3.65. The van der Waals surface area contributed by atoms with Crippen molar-refractivity contribution in [3.8, 4) is 0 Å². The Hall–Kier alpha value is 0.500. The minimum atomic E-state index is -0.764. The van der Waals surface area contributed by atoms with E-state index in [1.165, 1.54) is 0 Å². The fraction of sp³-hybridized carbons (Fsp3) is 1.00. The molecule has 0 spiro atoms. The zero-order valence-corrected chi connectivity index (χ0v) is 8.86. The summed E-state index contributed by atoms with van der Waals surface area (Å²) in [5, 5.41) is 0. The van der Waals surface area contributed by atoms with Crippen LogP contribution in [0.15, 0.2) is 0 Å². The van der Waals surface area contributed by atoms with Gasteiger partial charge in [-0.1, -0.05) is 0 Å². The summed E-state index contributed by atoms with van der Waals surface area (Å²) in [6.07, 6.45) is 1.24. The van der Waals surface area contributed by atoms with Crippen LogP contribution in [0.25, 0.3) is 0 Å². The summed E-state index contributed by atoms with van der Waals surface area (Å²) in [4.78, 5) is 0. The lowest BCUT2D eigenvalue weighted by molar-refractivity contribution is -0.287. The summed E-state index contributed by atoms with van der Waals surface area (Å²) >= 11 is 11.5. The van der Waals surface area contributed by atoms with Gasteiger partial charge in [-0.15, -0.1) is 23.2 Å². The van der Waals surface area contributed by atoms with Crippen LogP contribution in [0.5, 0.6) is 0 Å². The molecule has 4 heteroatoms. The lowest BCUT2D eigenvalue weighted by atomic mass is 10.1. The molecule has 12 heavy (non-hydrogen) atoms. The second-order valence-corrected chi connectivity index (χ2v) is 3.81. The molecule has 0 aliphatic carbocycles. The highest BCUT2D eigenvalue weighted by Crippen LogP contribution is 2.29. The van der Waals surface area contributed by atoms with Crippen molar-refractivity contribution in [3.05, 3.63) is 0 Å². The highest BCUT2D eigenvalue weighted by atomic mass is 35.5. The Morgan fingerprint density at radius 1 is 1.17 bits per heavy atom. The van der Waals surface area contributed by atoms with Gasteiger partial charge in [0, 0.05) is 0 Å². The van der Waals surface area contributed by atoms with Crippen molar-refractivity contribution in [1.29, 1.82) is 0 Å². The monoisotopic (exact) mass is 212 g/mol. The minimum Gasteiger partial charge on any atom is -0.344 e. The van der Waals surface area contributed by atoms with Crippen LogP contribution in [-0.4, -0.2) is 29.8 Å². The molecule has 0 aromatic heterocycles. The van der Waals surface area contributed by atoms with E-state index in [0.29, 0.717) is 0 Å². The van der Waals surface area contributed by atoms with Gasteiger partial charge in [0.25, 0.3) is 0 Å². The van der Waals surface area contributed by atoms with Crippen molar-refractivity contribution in [3.63, 3.8) is 0 Å². The average molecular weight is 213 g/mol. The second-order valence-electron chi connectivity index (χ2n) is 3.27. The largest absolute Gasteiger partial charge is 0.344 e. The van der Waals surface area contributed by atoms with Crippen molar-refractivity contribution in [2.45, 2.75) is 38.3 Å². The Morgan fingerprint density at radius 2 is 1.58 bits per heavy atom. The Morgan fingerprint density at radius 3 is 1.92 bits per heavy atom. The van der Waals surface area contributed by atoms with Crippen LogP contribution in [0.2, 0.25) is 0 Å². The van der Waals surface area contributed by atoms with E-state index < -0.39 is 5.79 Å². The molecule has 1 rings (SSSR count). The fourth-order valence-electron chi connectivity index (χ4n) is 1.49. The zero-order valence-electron chi connectivity index (χ0n) is 7.35. The molecule has 0 radical (unpaired) electrons. The lowest BCUT2D eigenvalue weighted by Gasteiger charge is -2.40. The van der Waals surface area contributed by atoms with Crippen LogP contribution in [0.4, 0.5) is 0 Å². The number of rotatable bonds is 2. The maximum absolute atomic E-state index is 5.73. The first kappa shape index (κ1) is 10.6. The predicted molar refractivity (Wildman–Crippen MR) is 49.9 cm³/mol. The summed E-state index contributed by atoms with van der Waals surface area (Å²) in [6, 6.07) is 0. The van der Waals surface area contributed by atoms with Crippen LogP contribution in [0, 0.1) is 0 Å². The minimum absolute atomic E-state index is 0.172. The van der Waals surface area contributed by atoms with Gasteiger partial charge >= 0.3 is 0 Å². The van der Waals surface area contributed by atoms with E-state index in [1.807, 2.05) is 13.8 Å². The third-order valence-corrected chi connectivity index (χ3v) is 2.72. The molecule has 1 heterocycles. The summed E-state index contributed by atoms with van der Waals surface area (Å²) < 4.78 is 11.1. The van der Waals surface area contributed by atoms with E-state index in [2.05, 4.69) is 0 Å². The second kappa shape index (κ2) is 4.14. The molecule has 0 saturated carbocycles. The van der Waals surface area contributed by atoms with E-state index in [-0.39, 0.29) is 24.0 Å². The molecular weight excluding hydrogens is 199 g/mol. The lowest BCUT2D eigenvalue weighted by Crippen LogP contribution is -2.49. The molecule has 0 N–H and O–H groups in total. The standard InChI is InChI=1S/C8H14Cl2O2/c1-6-3-7(2)12-8(4-9,5-10)11-6/h6-7H,3-5H2,1-2H3. The molecule has 0 bridgehead atoms. The number of ether oxygens (including phenoxy) is 2. The molecule has 1 aliphatic heterocycles. The van der Waals surface area contributed by atoms with Gasteiger partial charge in [-0.05, 0) is 20.3 Å². The molecule has 0 aromatic rings. The highest BCUT2D eigenvalue weighted by molar-refractivity contribution is 6.21. The van der Waals surface area contributed by atoms with E-state index in [0.717, 1.165) is 6.42 Å². The molecule has 1 aliphatic rings. The zero-order chi connectivity index (χ0) is 9.19. The van der Waals surface area contributed by atoms with E-state index >= 15 is 0 Å². The van der Waals surface area contributed by atoms with Gasteiger partial charge in [0.1, 0.15) is 0 Å². The summed E-state index contributed by atoms with van der Waals surface area (Å²) in [6.45, 7) is 4.01. The average Bonchev–Trinajstić information content (AvgIpc) is 2.02. The summed E-state index contributed by atoms with van der Waals surface area (Å²) in [7, 11) is 0.